The molecule has 0 fully saturated rings. The predicted molar refractivity (Wildman–Crippen MR) is 68.6 cm³/mol. The van der Waals surface area contributed by atoms with E-state index in [1.54, 1.807) is 17.9 Å². The zero-order valence-electron chi connectivity index (χ0n) is 11.1. The summed E-state index contributed by atoms with van der Waals surface area (Å²) in [6.07, 6.45) is 3.81. The van der Waals surface area contributed by atoms with Crippen molar-refractivity contribution < 1.29 is 4.74 Å². The maximum atomic E-state index is 5.15. The van der Waals surface area contributed by atoms with E-state index in [2.05, 4.69) is 15.1 Å². The van der Waals surface area contributed by atoms with E-state index in [-0.39, 0.29) is 0 Å². The number of hydrogen-bond acceptors (Lipinski definition) is 5. The van der Waals surface area contributed by atoms with Gasteiger partial charge in [0.25, 0.3) is 0 Å². The number of anilines is 1. The molecule has 2 rings (SSSR count). The highest BCUT2D eigenvalue weighted by Gasteiger charge is 2.09. The molecular formula is C12H17N5O. The number of aryl methyl sites for hydroxylation is 2. The summed E-state index contributed by atoms with van der Waals surface area (Å²) in [7, 11) is 5.45. The lowest BCUT2D eigenvalue weighted by molar-refractivity contribution is 0.396. The summed E-state index contributed by atoms with van der Waals surface area (Å²) in [5.41, 5.74) is 2.00. The summed E-state index contributed by atoms with van der Waals surface area (Å²) >= 11 is 0. The lowest BCUT2D eigenvalue weighted by Crippen LogP contribution is -2.19. The van der Waals surface area contributed by atoms with Crippen LogP contribution in [0.5, 0.6) is 5.88 Å². The van der Waals surface area contributed by atoms with Gasteiger partial charge in [0.2, 0.25) is 11.8 Å². The standard InChI is InChI=1S/C12H17N5O/c1-9-5-11(18-4)15-12(14-9)16(2)7-10-6-13-17(3)8-10/h5-6,8H,7H2,1-4H3. The lowest BCUT2D eigenvalue weighted by atomic mass is 10.3. The molecular weight excluding hydrogens is 230 g/mol. The molecule has 0 spiro atoms. The Morgan fingerprint density at radius 1 is 1.39 bits per heavy atom. The van der Waals surface area contributed by atoms with Crippen LogP contribution in [0, 0.1) is 6.92 Å². The summed E-state index contributed by atoms with van der Waals surface area (Å²) in [4.78, 5) is 10.7. The maximum absolute atomic E-state index is 5.15. The van der Waals surface area contributed by atoms with E-state index in [1.165, 1.54) is 0 Å². The second-order valence-electron chi connectivity index (χ2n) is 4.23. The van der Waals surface area contributed by atoms with Crippen molar-refractivity contribution in [3.8, 4) is 5.88 Å². The molecule has 0 amide bonds. The van der Waals surface area contributed by atoms with Gasteiger partial charge in [0, 0.05) is 44.2 Å². The topological polar surface area (TPSA) is 56.1 Å². The van der Waals surface area contributed by atoms with E-state index in [9.17, 15) is 0 Å². The molecule has 0 N–H and O–H groups in total. The number of aromatic nitrogens is 4. The van der Waals surface area contributed by atoms with Gasteiger partial charge in [-0.2, -0.15) is 10.1 Å². The van der Waals surface area contributed by atoms with Gasteiger partial charge >= 0.3 is 0 Å². The van der Waals surface area contributed by atoms with Crippen LogP contribution in [0.15, 0.2) is 18.5 Å². The fourth-order valence-electron chi connectivity index (χ4n) is 1.70. The van der Waals surface area contributed by atoms with Gasteiger partial charge in [0.1, 0.15) is 0 Å². The van der Waals surface area contributed by atoms with E-state index >= 15 is 0 Å². The molecule has 0 saturated carbocycles. The van der Waals surface area contributed by atoms with Crippen molar-refractivity contribution in [3.63, 3.8) is 0 Å². The highest BCUT2D eigenvalue weighted by atomic mass is 16.5. The summed E-state index contributed by atoms with van der Waals surface area (Å²) in [6, 6.07) is 1.81. The van der Waals surface area contributed by atoms with Crippen molar-refractivity contribution in [2.45, 2.75) is 13.5 Å². The molecule has 18 heavy (non-hydrogen) atoms. The quantitative estimate of drug-likeness (QED) is 0.811. The second kappa shape index (κ2) is 5.03. The molecule has 0 saturated heterocycles. The fourth-order valence-corrected chi connectivity index (χ4v) is 1.70. The normalized spacial score (nSPS) is 10.4. The van der Waals surface area contributed by atoms with Crippen LogP contribution in [0.4, 0.5) is 5.95 Å². The first-order valence-corrected chi connectivity index (χ1v) is 5.67. The van der Waals surface area contributed by atoms with Gasteiger partial charge in [0.05, 0.1) is 13.3 Å². The Bertz CT molecular complexity index is 537. The first kappa shape index (κ1) is 12.3. The number of rotatable bonds is 4. The molecule has 0 radical (unpaired) electrons. The lowest BCUT2D eigenvalue weighted by Gasteiger charge is -2.16. The van der Waals surface area contributed by atoms with E-state index < -0.39 is 0 Å². The Morgan fingerprint density at radius 3 is 2.78 bits per heavy atom. The van der Waals surface area contributed by atoms with Crippen LogP contribution in [0.3, 0.4) is 0 Å². The second-order valence-corrected chi connectivity index (χ2v) is 4.23. The summed E-state index contributed by atoms with van der Waals surface area (Å²) in [5.74, 6) is 1.23. The number of ether oxygens (including phenoxy) is 1. The number of nitrogens with zero attached hydrogens (tertiary/aromatic N) is 5. The van der Waals surface area contributed by atoms with E-state index in [4.69, 9.17) is 4.74 Å². The Morgan fingerprint density at radius 2 is 2.17 bits per heavy atom. The average Bonchev–Trinajstić information content (AvgIpc) is 2.73. The van der Waals surface area contributed by atoms with Crippen LogP contribution >= 0.6 is 0 Å². The summed E-state index contributed by atoms with van der Waals surface area (Å²) in [6.45, 7) is 2.63. The van der Waals surface area contributed by atoms with Gasteiger partial charge < -0.3 is 9.64 Å². The Balaban J connectivity index is 2.17. The van der Waals surface area contributed by atoms with Crippen LogP contribution in [-0.4, -0.2) is 33.9 Å². The molecule has 2 aromatic rings. The zero-order valence-corrected chi connectivity index (χ0v) is 11.1. The number of hydrogen-bond donors (Lipinski definition) is 0. The maximum Gasteiger partial charge on any atom is 0.228 e. The monoisotopic (exact) mass is 247 g/mol. The van der Waals surface area contributed by atoms with Crippen molar-refractivity contribution >= 4 is 5.95 Å². The van der Waals surface area contributed by atoms with Crippen molar-refractivity contribution in [2.24, 2.45) is 7.05 Å². The molecule has 6 nitrogen and oxygen atoms in total. The van der Waals surface area contributed by atoms with Gasteiger partial charge in [-0.25, -0.2) is 4.98 Å². The van der Waals surface area contributed by atoms with Crippen LogP contribution in [0.2, 0.25) is 0 Å². The molecule has 0 aliphatic carbocycles. The summed E-state index contributed by atoms with van der Waals surface area (Å²) in [5, 5.41) is 4.14. The molecule has 0 unspecified atom stereocenters. The van der Waals surface area contributed by atoms with E-state index in [0.29, 0.717) is 18.4 Å². The molecule has 0 bridgehead atoms. The van der Waals surface area contributed by atoms with Crippen molar-refractivity contribution in [1.82, 2.24) is 19.7 Å². The van der Waals surface area contributed by atoms with Crippen LogP contribution in [-0.2, 0) is 13.6 Å². The first-order valence-electron chi connectivity index (χ1n) is 5.67. The van der Waals surface area contributed by atoms with Crippen molar-refractivity contribution in [2.75, 3.05) is 19.1 Å². The van der Waals surface area contributed by atoms with Gasteiger partial charge in [-0.3, -0.25) is 4.68 Å². The smallest absolute Gasteiger partial charge is 0.228 e. The van der Waals surface area contributed by atoms with Gasteiger partial charge in [0.15, 0.2) is 0 Å². The largest absolute Gasteiger partial charge is 0.481 e. The van der Waals surface area contributed by atoms with Crippen LogP contribution in [0.25, 0.3) is 0 Å². The third-order valence-electron chi connectivity index (χ3n) is 2.55. The van der Waals surface area contributed by atoms with Crippen LogP contribution in [0.1, 0.15) is 11.3 Å². The fraction of sp³-hybridized carbons (Fsp3) is 0.417. The Kier molecular flexibility index (Phi) is 3.45. The molecule has 0 aliphatic heterocycles. The number of methoxy groups -OCH3 is 1. The highest BCUT2D eigenvalue weighted by Crippen LogP contribution is 2.15. The van der Waals surface area contributed by atoms with E-state index in [1.807, 2.05) is 38.3 Å². The molecule has 2 aromatic heterocycles. The molecule has 96 valence electrons. The van der Waals surface area contributed by atoms with Gasteiger partial charge in [-0.1, -0.05) is 0 Å². The SMILES string of the molecule is COc1cc(C)nc(N(C)Cc2cnn(C)c2)n1. The van der Waals surface area contributed by atoms with Crippen molar-refractivity contribution in [3.05, 3.63) is 29.7 Å². The van der Waals surface area contributed by atoms with Gasteiger partial charge in [-0.05, 0) is 6.92 Å². The minimum atomic E-state index is 0.579. The molecule has 0 aliphatic rings. The zero-order chi connectivity index (χ0) is 13.1. The van der Waals surface area contributed by atoms with Gasteiger partial charge in [-0.15, -0.1) is 0 Å². The van der Waals surface area contributed by atoms with E-state index in [0.717, 1.165) is 11.3 Å². The Labute approximate surface area is 106 Å². The third kappa shape index (κ3) is 2.77. The third-order valence-corrected chi connectivity index (χ3v) is 2.55. The Hall–Kier alpha value is -2.11. The van der Waals surface area contributed by atoms with Crippen molar-refractivity contribution in [1.29, 1.82) is 0 Å². The minimum Gasteiger partial charge on any atom is -0.481 e. The first-order chi connectivity index (χ1) is 8.58. The molecule has 6 heteroatoms. The van der Waals surface area contributed by atoms with Crippen LogP contribution < -0.4 is 9.64 Å². The molecule has 0 aromatic carbocycles. The highest BCUT2D eigenvalue weighted by molar-refractivity contribution is 5.34. The average molecular weight is 247 g/mol. The summed E-state index contributed by atoms with van der Waals surface area (Å²) < 4.78 is 6.92. The molecule has 0 atom stereocenters. The minimum absolute atomic E-state index is 0.579. The molecule has 2 heterocycles. The predicted octanol–water partition coefficient (Wildman–Crippen LogP) is 1.16.